The molecule has 0 amide bonds. The van der Waals surface area contributed by atoms with Crippen molar-refractivity contribution in [2.45, 2.75) is 51.7 Å². The molecule has 1 aromatic carbocycles. The van der Waals surface area contributed by atoms with E-state index in [0.29, 0.717) is 12.1 Å². The molecule has 1 heterocycles. The Morgan fingerprint density at radius 3 is 2.61 bits per heavy atom. The highest BCUT2D eigenvalue weighted by molar-refractivity contribution is 5.14. The molecule has 1 fully saturated rings. The molecule has 1 aromatic rings. The zero-order chi connectivity index (χ0) is 12.8. The molecule has 18 heavy (non-hydrogen) atoms. The SMILES string of the molecule is CC(C)N(Cc1ccccc1)C[C@H]1CCCCN1. The van der Waals surface area contributed by atoms with Crippen molar-refractivity contribution in [2.24, 2.45) is 0 Å². The lowest BCUT2D eigenvalue weighted by Crippen LogP contribution is -2.45. The zero-order valence-electron chi connectivity index (χ0n) is 11.7. The van der Waals surface area contributed by atoms with Gasteiger partial charge < -0.3 is 5.32 Å². The minimum Gasteiger partial charge on any atom is -0.313 e. The van der Waals surface area contributed by atoms with Crippen molar-refractivity contribution in [3.63, 3.8) is 0 Å². The zero-order valence-corrected chi connectivity index (χ0v) is 11.7. The molecule has 100 valence electrons. The number of rotatable bonds is 5. The van der Waals surface area contributed by atoms with E-state index in [0.717, 1.165) is 6.54 Å². The summed E-state index contributed by atoms with van der Waals surface area (Å²) in [5.74, 6) is 0. The van der Waals surface area contributed by atoms with E-state index in [9.17, 15) is 0 Å². The molecule has 2 heteroatoms. The first-order valence-electron chi connectivity index (χ1n) is 7.27. The average molecular weight is 246 g/mol. The predicted molar refractivity (Wildman–Crippen MR) is 77.6 cm³/mol. The molecule has 2 nitrogen and oxygen atoms in total. The smallest absolute Gasteiger partial charge is 0.0237 e. The van der Waals surface area contributed by atoms with E-state index >= 15 is 0 Å². The molecule has 1 saturated heterocycles. The predicted octanol–water partition coefficient (Wildman–Crippen LogP) is 3.04. The van der Waals surface area contributed by atoms with Gasteiger partial charge in [0.05, 0.1) is 0 Å². The van der Waals surface area contributed by atoms with Gasteiger partial charge in [-0.15, -0.1) is 0 Å². The van der Waals surface area contributed by atoms with Crippen LogP contribution in [0.5, 0.6) is 0 Å². The Bertz CT molecular complexity index is 328. The normalized spacial score (nSPS) is 20.6. The van der Waals surface area contributed by atoms with Crippen LogP contribution in [-0.4, -0.2) is 30.1 Å². The molecule has 0 radical (unpaired) electrons. The summed E-state index contributed by atoms with van der Waals surface area (Å²) in [4.78, 5) is 2.58. The summed E-state index contributed by atoms with van der Waals surface area (Å²) in [7, 11) is 0. The van der Waals surface area contributed by atoms with Gasteiger partial charge in [0.15, 0.2) is 0 Å². The number of nitrogens with zero attached hydrogens (tertiary/aromatic N) is 1. The van der Waals surface area contributed by atoms with Crippen molar-refractivity contribution in [1.82, 2.24) is 10.2 Å². The fourth-order valence-electron chi connectivity index (χ4n) is 2.64. The van der Waals surface area contributed by atoms with Gasteiger partial charge in [0.25, 0.3) is 0 Å². The molecule has 2 rings (SSSR count). The topological polar surface area (TPSA) is 15.3 Å². The maximum atomic E-state index is 3.65. The molecule has 1 N–H and O–H groups in total. The van der Waals surface area contributed by atoms with Crippen LogP contribution < -0.4 is 5.32 Å². The quantitative estimate of drug-likeness (QED) is 0.859. The first kappa shape index (κ1) is 13.6. The van der Waals surface area contributed by atoms with Gasteiger partial charge >= 0.3 is 0 Å². The molecular weight excluding hydrogens is 220 g/mol. The number of hydrogen-bond donors (Lipinski definition) is 1. The lowest BCUT2D eigenvalue weighted by Gasteiger charge is -2.33. The molecule has 1 aliphatic rings. The minimum atomic E-state index is 0.605. The van der Waals surface area contributed by atoms with Crippen LogP contribution in [0, 0.1) is 0 Å². The lowest BCUT2D eigenvalue weighted by molar-refractivity contribution is 0.177. The molecule has 0 spiro atoms. The van der Waals surface area contributed by atoms with Crippen molar-refractivity contribution in [2.75, 3.05) is 13.1 Å². The van der Waals surface area contributed by atoms with Crippen LogP contribution in [0.3, 0.4) is 0 Å². The first-order chi connectivity index (χ1) is 8.75. The lowest BCUT2D eigenvalue weighted by atomic mass is 10.0. The van der Waals surface area contributed by atoms with Gasteiger partial charge in [-0.1, -0.05) is 36.8 Å². The van der Waals surface area contributed by atoms with E-state index in [4.69, 9.17) is 0 Å². The molecule has 0 saturated carbocycles. The maximum Gasteiger partial charge on any atom is 0.0237 e. The van der Waals surface area contributed by atoms with Gasteiger partial charge in [-0.2, -0.15) is 0 Å². The van der Waals surface area contributed by atoms with Gasteiger partial charge in [-0.25, -0.2) is 0 Å². The molecule has 0 unspecified atom stereocenters. The van der Waals surface area contributed by atoms with Crippen LogP contribution in [0.1, 0.15) is 38.7 Å². The molecular formula is C16H26N2. The van der Waals surface area contributed by atoms with E-state index in [1.54, 1.807) is 0 Å². The molecule has 0 aliphatic carbocycles. The van der Waals surface area contributed by atoms with Crippen LogP contribution in [0.15, 0.2) is 30.3 Å². The van der Waals surface area contributed by atoms with Crippen LogP contribution >= 0.6 is 0 Å². The largest absolute Gasteiger partial charge is 0.313 e. The third-order valence-corrected chi connectivity index (χ3v) is 3.83. The highest BCUT2D eigenvalue weighted by atomic mass is 15.2. The highest BCUT2D eigenvalue weighted by Crippen LogP contribution is 2.13. The van der Waals surface area contributed by atoms with Gasteiger partial charge in [-0.05, 0) is 38.8 Å². The summed E-state index contributed by atoms with van der Waals surface area (Å²) < 4.78 is 0. The van der Waals surface area contributed by atoms with E-state index < -0.39 is 0 Å². The van der Waals surface area contributed by atoms with Gasteiger partial charge in [0.1, 0.15) is 0 Å². The summed E-state index contributed by atoms with van der Waals surface area (Å²) in [6.45, 7) is 8.03. The molecule has 1 aliphatic heterocycles. The monoisotopic (exact) mass is 246 g/mol. The number of hydrogen-bond acceptors (Lipinski definition) is 2. The standard InChI is InChI=1S/C16H26N2/c1-14(2)18(12-15-8-4-3-5-9-15)13-16-10-6-7-11-17-16/h3-5,8-9,14,16-17H,6-7,10-13H2,1-2H3/t16-/m1/s1. The van der Waals surface area contributed by atoms with Crippen molar-refractivity contribution in [3.8, 4) is 0 Å². The van der Waals surface area contributed by atoms with E-state index in [1.807, 2.05) is 0 Å². The van der Waals surface area contributed by atoms with Crippen molar-refractivity contribution >= 4 is 0 Å². The Kier molecular flexibility index (Phi) is 5.21. The van der Waals surface area contributed by atoms with Gasteiger partial charge in [0.2, 0.25) is 0 Å². The second-order valence-electron chi connectivity index (χ2n) is 5.66. The van der Waals surface area contributed by atoms with Crippen LogP contribution in [-0.2, 0) is 6.54 Å². The second kappa shape index (κ2) is 6.91. The average Bonchev–Trinajstić information content (AvgIpc) is 2.40. The summed E-state index contributed by atoms with van der Waals surface area (Å²) in [5.41, 5.74) is 1.42. The highest BCUT2D eigenvalue weighted by Gasteiger charge is 2.18. The third-order valence-electron chi connectivity index (χ3n) is 3.83. The van der Waals surface area contributed by atoms with Gasteiger partial charge in [-0.3, -0.25) is 4.90 Å². The minimum absolute atomic E-state index is 0.605. The Labute approximate surface area is 111 Å². The van der Waals surface area contributed by atoms with Crippen molar-refractivity contribution in [3.05, 3.63) is 35.9 Å². The van der Waals surface area contributed by atoms with Crippen molar-refractivity contribution < 1.29 is 0 Å². The summed E-state index contributed by atoms with van der Waals surface area (Å²) in [5, 5.41) is 3.65. The van der Waals surface area contributed by atoms with E-state index in [1.165, 1.54) is 37.9 Å². The Morgan fingerprint density at radius 1 is 1.22 bits per heavy atom. The Hall–Kier alpha value is -0.860. The fraction of sp³-hybridized carbons (Fsp3) is 0.625. The Balaban J connectivity index is 1.91. The van der Waals surface area contributed by atoms with Crippen LogP contribution in [0.2, 0.25) is 0 Å². The molecule has 0 bridgehead atoms. The molecule has 0 aromatic heterocycles. The summed E-state index contributed by atoms with van der Waals surface area (Å²) >= 11 is 0. The summed E-state index contributed by atoms with van der Waals surface area (Å²) in [6, 6.07) is 12.1. The summed E-state index contributed by atoms with van der Waals surface area (Å²) in [6.07, 6.45) is 4.06. The van der Waals surface area contributed by atoms with Crippen LogP contribution in [0.4, 0.5) is 0 Å². The van der Waals surface area contributed by atoms with Crippen LogP contribution in [0.25, 0.3) is 0 Å². The molecule has 1 atom stereocenters. The third kappa shape index (κ3) is 4.11. The number of piperidine rings is 1. The van der Waals surface area contributed by atoms with Gasteiger partial charge in [0, 0.05) is 25.2 Å². The Morgan fingerprint density at radius 2 is 2.00 bits per heavy atom. The second-order valence-corrected chi connectivity index (χ2v) is 5.66. The maximum absolute atomic E-state index is 3.65. The van der Waals surface area contributed by atoms with E-state index in [2.05, 4.69) is 54.4 Å². The van der Waals surface area contributed by atoms with E-state index in [-0.39, 0.29) is 0 Å². The first-order valence-corrected chi connectivity index (χ1v) is 7.27. The fourth-order valence-corrected chi connectivity index (χ4v) is 2.64. The van der Waals surface area contributed by atoms with Crippen molar-refractivity contribution in [1.29, 1.82) is 0 Å². The number of nitrogens with one attached hydrogen (secondary N) is 1. The number of benzene rings is 1.